The molecule has 0 bridgehead atoms. The predicted octanol–water partition coefficient (Wildman–Crippen LogP) is 1.72. The first kappa shape index (κ1) is 24.4. The molecule has 2 heterocycles. The van der Waals surface area contributed by atoms with E-state index in [0.717, 1.165) is 17.0 Å². The molecule has 9 heteroatoms. The number of methoxy groups -OCH3 is 1. The lowest BCUT2D eigenvalue weighted by atomic mass is 9.87. The van der Waals surface area contributed by atoms with Crippen LogP contribution in [-0.2, 0) is 44.0 Å². The first-order valence-electron chi connectivity index (χ1n) is 11.0. The van der Waals surface area contributed by atoms with Crippen LogP contribution in [0.2, 0.25) is 0 Å². The number of benzene rings is 1. The smallest absolute Gasteiger partial charge is 0.305 e. The Balaban J connectivity index is 1.79. The number of nitrogens with zero attached hydrogens (tertiary/aromatic N) is 3. The molecule has 0 radical (unpaired) electrons. The molecule has 1 atom stereocenters. The van der Waals surface area contributed by atoms with Crippen molar-refractivity contribution in [3.05, 3.63) is 53.1 Å². The highest BCUT2D eigenvalue weighted by Crippen LogP contribution is 2.25. The van der Waals surface area contributed by atoms with Crippen LogP contribution in [-0.4, -0.2) is 63.6 Å². The van der Waals surface area contributed by atoms with Crippen LogP contribution < -0.4 is 5.32 Å². The lowest BCUT2D eigenvalue weighted by Gasteiger charge is -2.34. The van der Waals surface area contributed by atoms with Crippen LogP contribution in [0.4, 0.5) is 0 Å². The van der Waals surface area contributed by atoms with Crippen molar-refractivity contribution >= 4 is 17.8 Å². The van der Waals surface area contributed by atoms with Crippen LogP contribution in [0, 0.1) is 0 Å². The Labute approximate surface area is 193 Å². The van der Waals surface area contributed by atoms with Crippen LogP contribution in [0.15, 0.2) is 30.6 Å². The van der Waals surface area contributed by atoms with Gasteiger partial charge in [0.2, 0.25) is 11.8 Å². The number of rotatable bonds is 8. The number of carbonyl (C=O) groups excluding carboxylic acids is 2. The van der Waals surface area contributed by atoms with Gasteiger partial charge in [-0.05, 0) is 16.5 Å². The Morgan fingerprint density at radius 1 is 1.21 bits per heavy atom. The minimum absolute atomic E-state index is 0.00281. The average Bonchev–Trinajstić information content (AvgIpc) is 3.14. The summed E-state index contributed by atoms with van der Waals surface area (Å²) >= 11 is 0. The van der Waals surface area contributed by atoms with Crippen LogP contribution in [0.5, 0.6) is 0 Å². The van der Waals surface area contributed by atoms with E-state index in [1.807, 2.05) is 4.57 Å². The molecule has 0 saturated carbocycles. The Kier molecular flexibility index (Phi) is 7.53. The zero-order valence-corrected chi connectivity index (χ0v) is 19.6. The lowest BCUT2D eigenvalue weighted by molar-refractivity contribution is -0.145. The molecule has 2 amide bonds. The van der Waals surface area contributed by atoms with Gasteiger partial charge in [0.25, 0.3) is 0 Å². The van der Waals surface area contributed by atoms with E-state index in [2.05, 4.69) is 55.3 Å². The number of nitrogens with one attached hydrogen (secondary N) is 1. The monoisotopic (exact) mass is 456 g/mol. The quantitative estimate of drug-likeness (QED) is 0.625. The normalized spacial score (nSPS) is 15.8. The third kappa shape index (κ3) is 5.98. The minimum atomic E-state index is -0.997. The summed E-state index contributed by atoms with van der Waals surface area (Å²) in [7, 11) is 1.43. The zero-order chi connectivity index (χ0) is 24.2. The number of carboxylic acids is 1. The van der Waals surface area contributed by atoms with Crippen molar-refractivity contribution in [1.29, 1.82) is 0 Å². The summed E-state index contributed by atoms with van der Waals surface area (Å²) < 4.78 is 7.02. The van der Waals surface area contributed by atoms with E-state index >= 15 is 0 Å². The third-order valence-electron chi connectivity index (χ3n) is 5.82. The number of ether oxygens (including phenoxy) is 1. The molecule has 1 aliphatic rings. The summed E-state index contributed by atoms with van der Waals surface area (Å²) in [6, 6.07) is 7.70. The lowest BCUT2D eigenvalue weighted by Crippen LogP contribution is -2.54. The number of hydrogen-bond acceptors (Lipinski definition) is 5. The number of amides is 2. The molecule has 3 rings (SSSR count). The molecule has 1 aromatic carbocycles. The second kappa shape index (κ2) is 10.2. The van der Waals surface area contributed by atoms with E-state index < -0.39 is 17.9 Å². The van der Waals surface area contributed by atoms with Crippen LogP contribution in [0.25, 0.3) is 0 Å². The van der Waals surface area contributed by atoms with Gasteiger partial charge in [0.15, 0.2) is 0 Å². The van der Waals surface area contributed by atoms with Crippen LogP contribution in [0.1, 0.15) is 49.7 Å². The van der Waals surface area contributed by atoms with Crippen molar-refractivity contribution < 1.29 is 24.2 Å². The summed E-state index contributed by atoms with van der Waals surface area (Å²) in [6.45, 7) is 7.22. The summed E-state index contributed by atoms with van der Waals surface area (Å²) in [5, 5.41) is 11.4. The van der Waals surface area contributed by atoms with Gasteiger partial charge in [0, 0.05) is 26.6 Å². The number of carbonyl (C=O) groups is 3. The van der Waals surface area contributed by atoms with Crippen molar-refractivity contribution in [2.24, 2.45) is 0 Å². The third-order valence-corrected chi connectivity index (χ3v) is 5.82. The van der Waals surface area contributed by atoms with Crippen molar-refractivity contribution in [1.82, 2.24) is 19.8 Å². The summed E-state index contributed by atoms with van der Waals surface area (Å²) in [5.41, 5.74) is 4.10. The standard InChI is InChI=1S/C24H32N4O5/c1-24(2,3)17-7-5-16(6-8-17)12-27-15-26-18-11-19(23(32)25-10-9-22(30)31)28(13-20(18)27)21(29)14-33-4/h5-8,15,19H,9-14H2,1-4H3,(H,25,32)(H,30,31). The Hall–Kier alpha value is -3.20. The van der Waals surface area contributed by atoms with E-state index in [1.54, 1.807) is 6.33 Å². The molecule has 9 nitrogen and oxygen atoms in total. The van der Waals surface area contributed by atoms with Crippen molar-refractivity contribution in [2.75, 3.05) is 20.3 Å². The predicted molar refractivity (Wildman–Crippen MR) is 122 cm³/mol. The molecule has 2 N–H and O–H groups in total. The van der Waals surface area contributed by atoms with Gasteiger partial charge in [0.1, 0.15) is 12.6 Å². The first-order valence-corrected chi connectivity index (χ1v) is 11.0. The summed E-state index contributed by atoms with van der Waals surface area (Å²) in [5.74, 6) is -1.69. The molecule has 2 aromatic rings. The van der Waals surface area contributed by atoms with E-state index in [-0.39, 0.29) is 43.9 Å². The molecule has 178 valence electrons. The molecule has 0 aliphatic carbocycles. The maximum Gasteiger partial charge on any atom is 0.305 e. The summed E-state index contributed by atoms with van der Waals surface area (Å²) in [4.78, 5) is 42.2. The number of aliphatic carboxylic acids is 1. The molecule has 0 spiro atoms. The minimum Gasteiger partial charge on any atom is -0.481 e. The molecule has 33 heavy (non-hydrogen) atoms. The van der Waals surface area contributed by atoms with Gasteiger partial charge in [-0.2, -0.15) is 0 Å². The van der Waals surface area contributed by atoms with E-state index in [9.17, 15) is 14.4 Å². The fourth-order valence-corrected chi connectivity index (χ4v) is 3.92. The Morgan fingerprint density at radius 3 is 2.52 bits per heavy atom. The molecule has 1 aliphatic heterocycles. The SMILES string of the molecule is COCC(=O)N1Cc2c(ncn2Cc2ccc(C(C)(C)C)cc2)CC1C(=O)NCCC(=O)O. The van der Waals surface area contributed by atoms with E-state index in [1.165, 1.54) is 17.6 Å². The molecule has 1 unspecified atom stereocenters. The molecular weight excluding hydrogens is 424 g/mol. The largest absolute Gasteiger partial charge is 0.481 e. The first-order chi connectivity index (χ1) is 15.6. The van der Waals surface area contributed by atoms with Crippen molar-refractivity contribution in [2.45, 2.75) is 58.2 Å². The van der Waals surface area contributed by atoms with Crippen molar-refractivity contribution in [3.63, 3.8) is 0 Å². The molecule has 0 saturated heterocycles. The van der Waals surface area contributed by atoms with Gasteiger partial charge < -0.3 is 24.6 Å². The van der Waals surface area contributed by atoms with Crippen LogP contribution >= 0.6 is 0 Å². The fraction of sp³-hybridized carbons (Fsp3) is 0.500. The van der Waals surface area contributed by atoms with Gasteiger partial charge in [-0.25, -0.2) is 4.98 Å². The molecule has 0 fully saturated rings. The maximum absolute atomic E-state index is 12.7. The number of fused-ring (bicyclic) bond motifs is 1. The molecule has 1 aromatic heterocycles. The highest BCUT2D eigenvalue weighted by molar-refractivity contribution is 5.89. The van der Waals surface area contributed by atoms with Crippen molar-refractivity contribution in [3.8, 4) is 0 Å². The number of hydrogen-bond donors (Lipinski definition) is 2. The maximum atomic E-state index is 12.7. The number of carboxylic acid groups (broad SMARTS) is 1. The van der Waals surface area contributed by atoms with Gasteiger partial charge in [0.05, 0.1) is 30.7 Å². The fourth-order valence-electron chi connectivity index (χ4n) is 3.92. The van der Waals surface area contributed by atoms with Crippen LogP contribution in [0.3, 0.4) is 0 Å². The molecular formula is C24H32N4O5. The second-order valence-corrected chi connectivity index (χ2v) is 9.32. The zero-order valence-electron chi connectivity index (χ0n) is 19.6. The number of imidazole rings is 1. The van der Waals surface area contributed by atoms with E-state index in [0.29, 0.717) is 6.54 Å². The van der Waals surface area contributed by atoms with Gasteiger partial charge in [-0.15, -0.1) is 0 Å². The van der Waals surface area contributed by atoms with Gasteiger partial charge >= 0.3 is 5.97 Å². The highest BCUT2D eigenvalue weighted by atomic mass is 16.5. The summed E-state index contributed by atoms with van der Waals surface area (Å²) in [6.07, 6.45) is 1.82. The van der Waals surface area contributed by atoms with Gasteiger partial charge in [-0.1, -0.05) is 45.0 Å². The average molecular weight is 457 g/mol. The van der Waals surface area contributed by atoms with E-state index in [4.69, 9.17) is 9.84 Å². The second-order valence-electron chi connectivity index (χ2n) is 9.32. The Morgan fingerprint density at radius 2 is 1.91 bits per heavy atom. The topological polar surface area (TPSA) is 114 Å². The Bertz CT molecular complexity index is 1010. The number of aromatic nitrogens is 2. The highest BCUT2D eigenvalue weighted by Gasteiger charge is 2.36. The van der Waals surface area contributed by atoms with Gasteiger partial charge in [-0.3, -0.25) is 14.4 Å².